The Morgan fingerprint density at radius 3 is 2.83 bits per heavy atom. The molecule has 0 bridgehead atoms. The van der Waals surface area contributed by atoms with E-state index < -0.39 is 0 Å². The van der Waals surface area contributed by atoms with E-state index in [0.717, 1.165) is 23.1 Å². The quantitative estimate of drug-likeness (QED) is 0.868. The normalized spacial score (nSPS) is 11.6. The van der Waals surface area contributed by atoms with Crippen molar-refractivity contribution in [3.05, 3.63) is 26.1 Å². The van der Waals surface area contributed by atoms with Crippen molar-refractivity contribution in [2.75, 3.05) is 0 Å². The third kappa shape index (κ3) is 2.57. The van der Waals surface area contributed by atoms with Gasteiger partial charge in [-0.25, -0.2) is 0 Å². The van der Waals surface area contributed by atoms with Gasteiger partial charge in [-0.15, -0.1) is 11.3 Å². The molecule has 3 nitrogen and oxygen atoms in total. The molecule has 2 aromatic rings. The highest BCUT2D eigenvalue weighted by molar-refractivity contribution is 7.71. The van der Waals surface area contributed by atoms with E-state index in [-0.39, 0.29) is 5.56 Å². The molecule has 0 saturated carbocycles. The average molecular weight is 282 g/mol. The van der Waals surface area contributed by atoms with Crippen molar-refractivity contribution < 1.29 is 0 Å². The maximum Gasteiger partial charge on any atom is 0.263 e. The molecule has 0 aliphatic carbocycles. The summed E-state index contributed by atoms with van der Waals surface area (Å²) >= 11 is 6.90. The first-order chi connectivity index (χ1) is 8.52. The Kier molecular flexibility index (Phi) is 4.02. The summed E-state index contributed by atoms with van der Waals surface area (Å²) in [6.45, 7) is 7.09. The smallest absolute Gasteiger partial charge is 0.263 e. The third-order valence-corrected chi connectivity index (χ3v) is 4.52. The zero-order valence-corrected chi connectivity index (χ0v) is 12.6. The minimum Gasteiger partial charge on any atom is -0.323 e. The Morgan fingerprint density at radius 2 is 2.22 bits per heavy atom. The van der Waals surface area contributed by atoms with Crippen molar-refractivity contribution in [2.24, 2.45) is 5.92 Å². The molecule has 0 spiro atoms. The molecule has 2 heterocycles. The number of nitrogens with zero attached hydrogens (tertiary/aromatic N) is 1. The number of aromatic amines is 1. The van der Waals surface area contributed by atoms with Gasteiger partial charge in [0.1, 0.15) is 4.83 Å². The summed E-state index contributed by atoms with van der Waals surface area (Å²) < 4.78 is 2.22. The number of hydrogen-bond donors (Lipinski definition) is 1. The Labute approximate surface area is 115 Å². The van der Waals surface area contributed by atoms with Gasteiger partial charge in [0, 0.05) is 11.4 Å². The molecule has 2 aromatic heterocycles. The van der Waals surface area contributed by atoms with Crippen LogP contribution in [0.25, 0.3) is 10.2 Å². The maximum atomic E-state index is 12.4. The Balaban J connectivity index is 2.54. The maximum absolute atomic E-state index is 12.4. The fourth-order valence-corrected chi connectivity index (χ4v) is 3.19. The summed E-state index contributed by atoms with van der Waals surface area (Å²) in [5, 5.41) is 0.772. The summed E-state index contributed by atoms with van der Waals surface area (Å²) in [7, 11) is 0. The number of fused-ring (bicyclic) bond motifs is 1. The Morgan fingerprint density at radius 1 is 1.50 bits per heavy atom. The lowest BCUT2D eigenvalue weighted by Crippen LogP contribution is -2.22. The second kappa shape index (κ2) is 5.36. The molecule has 1 N–H and O–H groups in total. The van der Waals surface area contributed by atoms with Gasteiger partial charge in [-0.2, -0.15) is 0 Å². The molecule has 0 aliphatic rings. The molecule has 0 saturated heterocycles. The highest BCUT2D eigenvalue weighted by Crippen LogP contribution is 2.21. The number of nitrogens with one attached hydrogen (secondary N) is 1. The van der Waals surface area contributed by atoms with Crippen molar-refractivity contribution in [3.63, 3.8) is 0 Å². The molecule has 0 amide bonds. The van der Waals surface area contributed by atoms with Crippen molar-refractivity contribution in [3.8, 4) is 0 Å². The fraction of sp³-hybridized carbons (Fsp3) is 0.538. The first-order valence-corrected chi connectivity index (χ1v) is 7.51. The van der Waals surface area contributed by atoms with Crippen LogP contribution in [0.4, 0.5) is 0 Å². The third-order valence-electron chi connectivity index (χ3n) is 3.00. The van der Waals surface area contributed by atoms with E-state index in [4.69, 9.17) is 12.2 Å². The van der Waals surface area contributed by atoms with E-state index in [1.54, 1.807) is 15.9 Å². The van der Waals surface area contributed by atoms with Crippen LogP contribution in [0, 0.1) is 10.7 Å². The van der Waals surface area contributed by atoms with Crippen LogP contribution in [0.1, 0.15) is 32.1 Å². The largest absolute Gasteiger partial charge is 0.323 e. The second-order valence-corrected chi connectivity index (χ2v) is 6.40. The van der Waals surface area contributed by atoms with Crippen LogP contribution in [0.3, 0.4) is 0 Å². The molecule has 0 atom stereocenters. The summed E-state index contributed by atoms with van der Waals surface area (Å²) in [6, 6.07) is 1.99. The first kappa shape index (κ1) is 13.5. The van der Waals surface area contributed by atoms with Crippen molar-refractivity contribution in [2.45, 2.75) is 40.2 Å². The first-order valence-electron chi connectivity index (χ1n) is 6.28. The molecule has 5 heteroatoms. The standard InChI is InChI=1S/C13H18N2OS2/c1-4-9-7-10-11(18-9)14-13(17)15(12(10)16)6-5-8(2)3/h7-8H,4-6H2,1-3H3,(H,14,17). The van der Waals surface area contributed by atoms with Gasteiger partial charge in [-0.1, -0.05) is 20.8 Å². The molecular formula is C13H18N2OS2. The predicted octanol–water partition coefficient (Wildman–Crippen LogP) is 3.73. The molecule has 0 fully saturated rings. The minimum absolute atomic E-state index is 0.0466. The van der Waals surface area contributed by atoms with Crippen LogP contribution in [0.2, 0.25) is 0 Å². The van der Waals surface area contributed by atoms with E-state index in [1.165, 1.54) is 4.88 Å². The predicted molar refractivity (Wildman–Crippen MR) is 80.1 cm³/mol. The molecule has 0 unspecified atom stereocenters. The monoisotopic (exact) mass is 282 g/mol. The average Bonchev–Trinajstić information content (AvgIpc) is 2.71. The van der Waals surface area contributed by atoms with Crippen LogP contribution in [-0.2, 0) is 13.0 Å². The number of aryl methyl sites for hydroxylation is 1. The van der Waals surface area contributed by atoms with Gasteiger partial charge in [-0.05, 0) is 37.0 Å². The minimum atomic E-state index is 0.0466. The van der Waals surface area contributed by atoms with Crippen LogP contribution >= 0.6 is 23.6 Å². The number of thiophene rings is 1. The van der Waals surface area contributed by atoms with E-state index in [0.29, 0.717) is 17.2 Å². The summed E-state index contributed by atoms with van der Waals surface area (Å²) in [5.74, 6) is 0.565. The topological polar surface area (TPSA) is 37.8 Å². The zero-order valence-electron chi connectivity index (χ0n) is 10.9. The molecule has 0 aliphatic heterocycles. The Hall–Kier alpha value is -0.940. The number of rotatable bonds is 4. The van der Waals surface area contributed by atoms with Gasteiger partial charge in [0.15, 0.2) is 4.77 Å². The molecule has 18 heavy (non-hydrogen) atoms. The van der Waals surface area contributed by atoms with Gasteiger partial charge in [0.05, 0.1) is 5.39 Å². The van der Waals surface area contributed by atoms with Gasteiger partial charge in [0.25, 0.3) is 5.56 Å². The van der Waals surface area contributed by atoms with Crippen molar-refractivity contribution in [1.82, 2.24) is 9.55 Å². The summed E-state index contributed by atoms with van der Waals surface area (Å²) in [4.78, 5) is 17.7. The zero-order chi connectivity index (χ0) is 13.3. The van der Waals surface area contributed by atoms with Crippen LogP contribution in [0.15, 0.2) is 10.9 Å². The molecular weight excluding hydrogens is 264 g/mol. The fourth-order valence-electron chi connectivity index (χ4n) is 1.86. The summed E-state index contributed by atoms with van der Waals surface area (Å²) in [6.07, 6.45) is 1.92. The van der Waals surface area contributed by atoms with E-state index in [9.17, 15) is 4.79 Å². The van der Waals surface area contributed by atoms with Crippen LogP contribution in [-0.4, -0.2) is 9.55 Å². The summed E-state index contributed by atoms with van der Waals surface area (Å²) in [5.41, 5.74) is 0.0466. The van der Waals surface area contributed by atoms with Gasteiger partial charge >= 0.3 is 0 Å². The van der Waals surface area contributed by atoms with Gasteiger partial charge in [-0.3, -0.25) is 9.36 Å². The van der Waals surface area contributed by atoms with Crippen LogP contribution in [0.5, 0.6) is 0 Å². The molecule has 2 rings (SSSR count). The van der Waals surface area contributed by atoms with Gasteiger partial charge < -0.3 is 4.98 Å². The van der Waals surface area contributed by atoms with Crippen molar-refractivity contribution >= 4 is 33.8 Å². The molecule has 98 valence electrons. The van der Waals surface area contributed by atoms with Gasteiger partial charge in [0.2, 0.25) is 0 Å². The molecule has 0 radical (unpaired) electrons. The number of hydrogen-bond acceptors (Lipinski definition) is 3. The SMILES string of the molecule is CCc1cc2c(=O)n(CCC(C)C)c(=S)[nH]c2s1. The lowest BCUT2D eigenvalue weighted by atomic mass is 10.1. The van der Waals surface area contributed by atoms with Crippen molar-refractivity contribution in [1.29, 1.82) is 0 Å². The van der Waals surface area contributed by atoms with E-state index >= 15 is 0 Å². The number of aromatic nitrogens is 2. The highest BCUT2D eigenvalue weighted by atomic mass is 32.1. The van der Waals surface area contributed by atoms with E-state index in [2.05, 4.69) is 25.8 Å². The Bertz CT molecular complexity index is 664. The number of H-pyrrole nitrogens is 1. The molecule has 0 aromatic carbocycles. The lowest BCUT2D eigenvalue weighted by molar-refractivity contribution is 0.503. The highest BCUT2D eigenvalue weighted by Gasteiger charge is 2.09. The second-order valence-electron chi connectivity index (χ2n) is 4.88. The lowest BCUT2D eigenvalue weighted by Gasteiger charge is -2.08. The van der Waals surface area contributed by atoms with Crippen LogP contribution < -0.4 is 5.56 Å². The van der Waals surface area contributed by atoms with E-state index in [1.807, 2.05) is 6.07 Å².